The Hall–Kier alpha value is 0.0500. The minimum atomic E-state index is -3.47. The first-order chi connectivity index (χ1) is 9.36. The van der Waals surface area contributed by atoms with E-state index in [2.05, 4.69) is 38.8 Å². The van der Waals surface area contributed by atoms with Gasteiger partial charge in [-0.3, -0.25) is 0 Å². The van der Waals surface area contributed by atoms with Gasteiger partial charge in [-0.1, -0.05) is 29.3 Å². The Bertz CT molecular complexity index is 592. The fourth-order valence-electron chi connectivity index (χ4n) is 2.49. The Labute approximate surface area is 137 Å². The Balaban J connectivity index is 2.31. The molecule has 1 saturated heterocycles. The first-order valence-electron chi connectivity index (χ1n) is 6.57. The van der Waals surface area contributed by atoms with E-state index in [4.69, 9.17) is 5.73 Å². The van der Waals surface area contributed by atoms with Gasteiger partial charge < -0.3 is 5.73 Å². The van der Waals surface area contributed by atoms with Crippen molar-refractivity contribution in [2.45, 2.75) is 30.7 Å². The molecule has 0 amide bonds. The highest BCUT2D eigenvalue weighted by Crippen LogP contribution is 2.30. The summed E-state index contributed by atoms with van der Waals surface area (Å²) in [7, 11) is -3.47. The van der Waals surface area contributed by atoms with Crippen molar-refractivity contribution in [1.82, 2.24) is 4.31 Å². The summed E-state index contributed by atoms with van der Waals surface area (Å²) in [5, 5.41) is 0. The van der Waals surface area contributed by atoms with Gasteiger partial charge in [0.15, 0.2) is 0 Å². The lowest BCUT2D eigenvalue weighted by Gasteiger charge is -2.35. The van der Waals surface area contributed by atoms with Gasteiger partial charge in [0.1, 0.15) is 0 Å². The Morgan fingerprint density at radius 2 is 2.10 bits per heavy atom. The molecule has 20 heavy (non-hydrogen) atoms. The average molecular weight is 426 g/mol. The Morgan fingerprint density at radius 1 is 1.40 bits per heavy atom. The molecule has 1 aromatic rings. The molecule has 0 radical (unpaired) electrons. The minimum Gasteiger partial charge on any atom is -0.327 e. The van der Waals surface area contributed by atoms with E-state index in [-0.39, 0.29) is 12.0 Å². The van der Waals surface area contributed by atoms with E-state index in [0.717, 1.165) is 10.9 Å². The third-order valence-electron chi connectivity index (χ3n) is 3.79. The maximum atomic E-state index is 12.7. The zero-order valence-corrected chi connectivity index (χ0v) is 15.2. The van der Waals surface area contributed by atoms with Crippen molar-refractivity contribution in [2.75, 3.05) is 13.1 Å². The lowest BCUT2D eigenvalue weighted by Crippen LogP contribution is -2.48. The minimum absolute atomic E-state index is 0.0970. The monoisotopic (exact) mass is 424 g/mol. The van der Waals surface area contributed by atoms with Crippen molar-refractivity contribution in [2.24, 2.45) is 11.7 Å². The van der Waals surface area contributed by atoms with E-state index in [1.165, 1.54) is 0 Å². The number of halogens is 2. The fraction of sp³-hybridized carbons (Fsp3) is 0.538. The molecule has 1 aliphatic heterocycles. The number of benzene rings is 1. The van der Waals surface area contributed by atoms with E-state index < -0.39 is 10.0 Å². The van der Waals surface area contributed by atoms with Gasteiger partial charge >= 0.3 is 0 Å². The molecule has 7 heteroatoms. The number of nitrogens with zero attached hydrogens (tertiary/aromatic N) is 1. The smallest absolute Gasteiger partial charge is 0.244 e. The predicted molar refractivity (Wildman–Crippen MR) is 87.0 cm³/mol. The first kappa shape index (κ1) is 16.4. The summed E-state index contributed by atoms with van der Waals surface area (Å²) in [5.41, 5.74) is 6.05. The third kappa shape index (κ3) is 3.27. The van der Waals surface area contributed by atoms with Gasteiger partial charge in [0.2, 0.25) is 10.0 Å². The summed E-state index contributed by atoms with van der Waals surface area (Å²) in [5.74, 6) is 0.229. The van der Waals surface area contributed by atoms with Gasteiger partial charge in [0.25, 0.3) is 0 Å². The highest BCUT2D eigenvalue weighted by Gasteiger charge is 2.34. The van der Waals surface area contributed by atoms with Gasteiger partial charge in [0, 0.05) is 28.1 Å². The fourth-order valence-corrected chi connectivity index (χ4v) is 5.71. The van der Waals surface area contributed by atoms with Crippen LogP contribution in [0.2, 0.25) is 0 Å². The molecular weight excluding hydrogens is 408 g/mol. The topological polar surface area (TPSA) is 63.4 Å². The highest BCUT2D eigenvalue weighted by atomic mass is 79.9. The lowest BCUT2D eigenvalue weighted by atomic mass is 9.92. The predicted octanol–water partition coefficient (Wildman–Crippen LogP) is 2.96. The quantitative estimate of drug-likeness (QED) is 0.809. The van der Waals surface area contributed by atoms with E-state index in [1.54, 1.807) is 22.5 Å². The molecule has 0 aromatic heterocycles. The molecule has 1 fully saturated rings. The number of nitrogens with two attached hydrogens (primary N) is 1. The van der Waals surface area contributed by atoms with Crippen molar-refractivity contribution in [3.05, 3.63) is 27.1 Å². The maximum Gasteiger partial charge on any atom is 0.244 e. The molecule has 2 unspecified atom stereocenters. The van der Waals surface area contributed by atoms with E-state index in [0.29, 0.717) is 28.9 Å². The molecule has 2 N–H and O–H groups in total. The number of hydrogen-bond donors (Lipinski definition) is 1. The van der Waals surface area contributed by atoms with Gasteiger partial charge in [0.05, 0.1) is 4.90 Å². The molecule has 1 aromatic carbocycles. The van der Waals surface area contributed by atoms with Crippen LogP contribution in [0.5, 0.6) is 0 Å². The standard InChI is InChI=1S/C13H18Br2N2O2S/c1-2-9-8-17(6-5-12(9)16)20(18,19)13-4-3-10(14)7-11(13)15/h3-4,7,9,12H,2,5-6,8,16H2,1H3. The number of rotatable bonds is 3. The molecule has 2 atom stereocenters. The van der Waals surface area contributed by atoms with Crippen molar-refractivity contribution in [1.29, 1.82) is 0 Å². The molecule has 1 aliphatic rings. The molecule has 112 valence electrons. The second kappa shape index (κ2) is 6.44. The molecule has 0 bridgehead atoms. The summed E-state index contributed by atoms with van der Waals surface area (Å²) in [6.07, 6.45) is 1.61. The van der Waals surface area contributed by atoms with E-state index >= 15 is 0 Å². The van der Waals surface area contributed by atoms with E-state index in [9.17, 15) is 8.42 Å². The summed E-state index contributed by atoms with van der Waals surface area (Å²) >= 11 is 6.67. The highest BCUT2D eigenvalue weighted by molar-refractivity contribution is 9.11. The molecular formula is C13H18Br2N2O2S. The SMILES string of the molecule is CCC1CN(S(=O)(=O)c2ccc(Br)cc2Br)CCC1N. The number of piperidine rings is 1. The molecule has 0 aliphatic carbocycles. The van der Waals surface area contributed by atoms with Crippen molar-refractivity contribution >= 4 is 41.9 Å². The zero-order chi connectivity index (χ0) is 14.9. The van der Waals surface area contributed by atoms with Crippen LogP contribution in [0.1, 0.15) is 19.8 Å². The van der Waals surface area contributed by atoms with E-state index in [1.807, 2.05) is 0 Å². The van der Waals surface area contributed by atoms with Gasteiger partial charge in [-0.2, -0.15) is 4.31 Å². The first-order valence-corrected chi connectivity index (χ1v) is 9.59. The second-order valence-corrected chi connectivity index (χ2v) is 8.74. The van der Waals surface area contributed by atoms with Crippen LogP contribution < -0.4 is 5.73 Å². The zero-order valence-electron chi connectivity index (χ0n) is 11.2. The number of sulfonamides is 1. The molecule has 1 heterocycles. The summed E-state index contributed by atoms with van der Waals surface area (Å²) in [6, 6.07) is 5.21. The maximum absolute atomic E-state index is 12.7. The third-order valence-corrected chi connectivity index (χ3v) is 7.13. The molecule has 0 spiro atoms. The van der Waals surface area contributed by atoms with Crippen molar-refractivity contribution in [3.63, 3.8) is 0 Å². The van der Waals surface area contributed by atoms with Crippen LogP contribution in [0.25, 0.3) is 0 Å². The Kier molecular flexibility index (Phi) is 5.29. The largest absolute Gasteiger partial charge is 0.327 e. The number of hydrogen-bond acceptors (Lipinski definition) is 3. The Morgan fingerprint density at radius 3 is 2.70 bits per heavy atom. The summed E-state index contributed by atoms with van der Waals surface area (Å²) in [4.78, 5) is 0.311. The molecule has 0 saturated carbocycles. The second-order valence-electron chi connectivity index (χ2n) is 5.06. The molecule has 4 nitrogen and oxygen atoms in total. The molecule has 2 rings (SSSR count). The van der Waals surface area contributed by atoms with Crippen LogP contribution in [0.15, 0.2) is 32.0 Å². The van der Waals surface area contributed by atoms with Crippen LogP contribution in [0.4, 0.5) is 0 Å². The van der Waals surface area contributed by atoms with Crippen LogP contribution in [-0.4, -0.2) is 31.9 Å². The van der Waals surface area contributed by atoms with Crippen LogP contribution >= 0.6 is 31.9 Å². The lowest BCUT2D eigenvalue weighted by molar-refractivity contribution is 0.230. The van der Waals surface area contributed by atoms with Gasteiger partial charge in [-0.15, -0.1) is 0 Å². The van der Waals surface area contributed by atoms with Crippen molar-refractivity contribution < 1.29 is 8.42 Å². The normalized spacial score (nSPS) is 24.8. The van der Waals surface area contributed by atoms with Gasteiger partial charge in [-0.05, 0) is 46.5 Å². The average Bonchev–Trinajstić information content (AvgIpc) is 2.38. The van der Waals surface area contributed by atoms with Crippen molar-refractivity contribution in [3.8, 4) is 0 Å². The summed E-state index contributed by atoms with van der Waals surface area (Å²) < 4.78 is 28.4. The summed E-state index contributed by atoms with van der Waals surface area (Å²) in [6.45, 7) is 3.04. The van der Waals surface area contributed by atoms with Gasteiger partial charge in [-0.25, -0.2) is 8.42 Å². The van der Waals surface area contributed by atoms with Crippen LogP contribution in [-0.2, 0) is 10.0 Å². The van der Waals surface area contributed by atoms with Crippen LogP contribution in [0, 0.1) is 5.92 Å². The van der Waals surface area contributed by atoms with Crippen LogP contribution in [0.3, 0.4) is 0 Å².